The van der Waals surface area contributed by atoms with Gasteiger partial charge in [0.1, 0.15) is 5.56 Å². The van der Waals surface area contributed by atoms with Crippen LogP contribution in [0, 0.1) is 13.8 Å². The quantitative estimate of drug-likeness (QED) is 0.605. The molecule has 1 rings (SSSR count). The number of aryl methyl sites for hydroxylation is 2. The molecule has 0 aliphatic rings. The van der Waals surface area contributed by atoms with Crippen molar-refractivity contribution < 1.29 is 9.78 Å². The van der Waals surface area contributed by atoms with Gasteiger partial charge in [-0.15, -0.1) is 0 Å². The van der Waals surface area contributed by atoms with Gasteiger partial charge in [0.05, 0.1) is 5.69 Å². The van der Waals surface area contributed by atoms with Crippen LogP contribution in [0.25, 0.3) is 0 Å². The minimum atomic E-state index is -0.499. The fraction of sp³-hybridized carbons (Fsp3) is 0.250. The summed E-state index contributed by atoms with van der Waals surface area (Å²) in [5.74, 6) is -0.166. The molecule has 4 heteroatoms. The highest BCUT2D eigenvalue weighted by Crippen LogP contribution is 2.10. The highest BCUT2D eigenvalue weighted by atomic mass is 16.1. The maximum absolute atomic E-state index is 10.9. The predicted molar refractivity (Wildman–Crippen MR) is 45.4 cm³/mol. The lowest BCUT2D eigenvalue weighted by Crippen LogP contribution is -2.23. The van der Waals surface area contributed by atoms with Crippen LogP contribution in [-0.2, 0) is 0 Å². The molecule has 1 aromatic rings. The number of hydrogen-bond acceptors (Lipinski definition) is 2. The normalized spacial score (nSPS) is 9.83. The second-order valence-electron chi connectivity index (χ2n) is 2.79. The summed E-state index contributed by atoms with van der Waals surface area (Å²) in [6.45, 7) is 3.67. The molecular weight excluding hydrogens is 154 g/mol. The van der Waals surface area contributed by atoms with E-state index in [4.69, 9.17) is 11.5 Å². The Hall–Kier alpha value is -1.58. The molecule has 0 atom stereocenters. The SMILES string of the molecule is Cc1cc(C)c(C(N)=O)c(N)[nH+]1. The largest absolute Gasteiger partial charge is 0.365 e. The van der Waals surface area contributed by atoms with Crippen LogP contribution in [0.2, 0.25) is 0 Å². The lowest BCUT2D eigenvalue weighted by Gasteiger charge is -2.01. The number of rotatable bonds is 1. The molecule has 64 valence electrons. The van der Waals surface area contributed by atoms with Gasteiger partial charge in [-0.25, -0.2) is 4.98 Å². The number of nitrogens with two attached hydrogens (primary N) is 2. The summed E-state index contributed by atoms with van der Waals surface area (Å²) in [5.41, 5.74) is 12.8. The van der Waals surface area contributed by atoms with Crippen molar-refractivity contribution in [3.05, 3.63) is 22.9 Å². The molecule has 0 radical (unpaired) electrons. The van der Waals surface area contributed by atoms with Gasteiger partial charge >= 0.3 is 0 Å². The van der Waals surface area contributed by atoms with Gasteiger partial charge in [-0.2, -0.15) is 0 Å². The van der Waals surface area contributed by atoms with E-state index in [1.807, 2.05) is 13.0 Å². The minimum absolute atomic E-state index is 0.333. The Morgan fingerprint density at radius 1 is 1.50 bits per heavy atom. The third-order valence-electron chi connectivity index (χ3n) is 1.67. The summed E-state index contributed by atoms with van der Waals surface area (Å²) >= 11 is 0. The number of hydrogen-bond donors (Lipinski definition) is 2. The summed E-state index contributed by atoms with van der Waals surface area (Å²) in [7, 11) is 0. The Balaban J connectivity index is 3.38. The van der Waals surface area contributed by atoms with Crippen molar-refractivity contribution in [3.8, 4) is 0 Å². The maximum Gasteiger partial charge on any atom is 0.283 e. The Morgan fingerprint density at radius 2 is 2.08 bits per heavy atom. The summed E-state index contributed by atoms with van der Waals surface area (Å²) in [6, 6.07) is 1.83. The van der Waals surface area contributed by atoms with Gasteiger partial charge in [0, 0.05) is 0 Å². The monoisotopic (exact) mass is 166 g/mol. The summed E-state index contributed by atoms with van der Waals surface area (Å²) in [5, 5.41) is 0. The molecule has 12 heavy (non-hydrogen) atoms. The maximum atomic E-state index is 10.9. The number of pyridine rings is 1. The van der Waals surface area contributed by atoms with E-state index in [0.717, 1.165) is 11.3 Å². The van der Waals surface area contributed by atoms with Crippen molar-refractivity contribution >= 4 is 11.7 Å². The van der Waals surface area contributed by atoms with Crippen molar-refractivity contribution in [2.24, 2.45) is 5.73 Å². The van der Waals surface area contributed by atoms with Gasteiger partial charge in [0.15, 0.2) is 0 Å². The number of primary amides is 1. The molecular formula is C8H12N3O+. The molecule has 5 N–H and O–H groups in total. The highest BCUT2D eigenvalue weighted by molar-refractivity contribution is 5.97. The zero-order valence-electron chi connectivity index (χ0n) is 7.14. The zero-order chi connectivity index (χ0) is 9.30. The number of carbonyl (C=O) groups is 1. The smallest absolute Gasteiger partial charge is 0.283 e. The average Bonchev–Trinajstić information content (AvgIpc) is 1.82. The average molecular weight is 166 g/mol. The van der Waals surface area contributed by atoms with Crippen LogP contribution >= 0.6 is 0 Å². The van der Waals surface area contributed by atoms with Crippen molar-refractivity contribution in [1.82, 2.24) is 0 Å². The van der Waals surface area contributed by atoms with Crippen molar-refractivity contribution in [2.75, 3.05) is 5.73 Å². The molecule has 0 unspecified atom stereocenters. The predicted octanol–water partition coefficient (Wildman–Crippen LogP) is -0.201. The topological polar surface area (TPSA) is 83.2 Å². The first-order valence-corrected chi connectivity index (χ1v) is 3.61. The number of nitrogen functional groups attached to an aromatic ring is 1. The number of aromatic amines is 1. The van der Waals surface area contributed by atoms with Crippen LogP contribution in [0.5, 0.6) is 0 Å². The molecule has 1 aromatic heterocycles. The van der Waals surface area contributed by atoms with E-state index in [1.54, 1.807) is 6.92 Å². The van der Waals surface area contributed by atoms with Crippen LogP contribution in [-0.4, -0.2) is 5.91 Å². The number of aromatic nitrogens is 1. The van der Waals surface area contributed by atoms with E-state index >= 15 is 0 Å². The molecule has 0 aliphatic carbocycles. The number of nitrogens with one attached hydrogen (secondary N) is 1. The molecule has 4 nitrogen and oxygen atoms in total. The van der Waals surface area contributed by atoms with Crippen LogP contribution in [0.1, 0.15) is 21.6 Å². The first-order chi connectivity index (χ1) is 5.52. The van der Waals surface area contributed by atoms with Gasteiger partial charge in [-0.05, 0) is 25.5 Å². The van der Waals surface area contributed by atoms with Gasteiger partial charge < -0.3 is 5.73 Å². The molecule has 0 aromatic carbocycles. The molecule has 0 saturated heterocycles. The van der Waals surface area contributed by atoms with Crippen LogP contribution in [0.4, 0.5) is 5.82 Å². The number of amides is 1. The molecule has 0 aliphatic heterocycles. The van der Waals surface area contributed by atoms with Gasteiger partial charge in [0.25, 0.3) is 11.7 Å². The Bertz CT molecular complexity index is 310. The zero-order valence-corrected chi connectivity index (χ0v) is 7.14. The third-order valence-corrected chi connectivity index (χ3v) is 1.67. The second kappa shape index (κ2) is 2.81. The summed E-state index contributed by atoms with van der Waals surface area (Å²) in [4.78, 5) is 13.7. The molecule has 0 bridgehead atoms. The van der Waals surface area contributed by atoms with E-state index in [-0.39, 0.29) is 0 Å². The van der Waals surface area contributed by atoms with E-state index in [9.17, 15) is 4.79 Å². The number of H-pyrrole nitrogens is 1. The number of carbonyl (C=O) groups excluding carboxylic acids is 1. The Labute approximate surface area is 70.6 Å². The lowest BCUT2D eigenvalue weighted by atomic mass is 10.1. The lowest BCUT2D eigenvalue weighted by molar-refractivity contribution is -0.370. The Kier molecular flexibility index (Phi) is 1.99. The molecule has 1 amide bonds. The van der Waals surface area contributed by atoms with E-state index in [0.29, 0.717) is 11.4 Å². The summed E-state index contributed by atoms with van der Waals surface area (Å²) < 4.78 is 0. The standard InChI is InChI=1S/C8H11N3O/c1-4-3-5(2)11-7(9)6(4)8(10)12/h3H,1-2H3,(H2,9,11)(H2,10,12)/p+1. The fourth-order valence-electron chi connectivity index (χ4n) is 1.25. The van der Waals surface area contributed by atoms with Gasteiger partial charge in [-0.3, -0.25) is 10.5 Å². The minimum Gasteiger partial charge on any atom is -0.365 e. The van der Waals surface area contributed by atoms with Crippen LogP contribution in [0.15, 0.2) is 6.07 Å². The van der Waals surface area contributed by atoms with E-state index in [1.165, 1.54) is 0 Å². The first-order valence-electron chi connectivity index (χ1n) is 3.61. The van der Waals surface area contributed by atoms with Gasteiger partial charge in [0.2, 0.25) is 0 Å². The molecule has 1 heterocycles. The first kappa shape index (κ1) is 8.52. The highest BCUT2D eigenvalue weighted by Gasteiger charge is 2.14. The van der Waals surface area contributed by atoms with E-state index < -0.39 is 5.91 Å². The van der Waals surface area contributed by atoms with Crippen molar-refractivity contribution in [2.45, 2.75) is 13.8 Å². The summed E-state index contributed by atoms with van der Waals surface area (Å²) in [6.07, 6.45) is 0. The second-order valence-corrected chi connectivity index (χ2v) is 2.79. The van der Waals surface area contributed by atoms with Crippen LogP contribution < -0.4 is 16.5 Å². The van der Waals surface area contributed by atoms with E-state index in [2.05, 4.69) is 4.98 Å². The molecule has 0 saturated carbocycles. The third kappa shape index (κ3) is 1.37. The van der Waals surface area contributed by atoms with Crippen molar-refractivity contribution in [1.29, 1.82) is 0 Å². The molecule has 0 spiro atoms. The number of anilines is 1. The fourth-order valence-corrected chi connectivity index (χ4v) is 1.25. The van der Waals surface area contributed by atoms with Gasteiger partial charge in [-0.1, -0.05) is 0 Å². The molecule has 0 fully saturated rings. The Morgan fingerprint density at radius 3 is 2.50 bits per heavy atom. The van der Waals surface area contributed by atoms with Crippen LogP contribution in [0.3, 0.4) is 0 Å². The van der Waals surface area contributed by atoms with Crippen molar-refractivity contribution in [3.63, 3.8) is 0 Å².